The van der Waals surface area contributed by atoms with E-state index in [2.05, 4.69) is 26.6 Å². The molecule has 2 aromatic carbocycles. The summed E-state index contributed by atoms with van der Waals surface area (Å²) in [5.74, 6) is 0.759. The van der Waals surface area contributed by atoms with Crippen LogP contribution in [-0.2, 0) is 0 Å². The fourth-order valence-corrected chi connectivity index (χ4v) is 2.06. The summed E-state index contributed by atoms with van der Waals surface area (Å²) in [6.07, 6.45) is 0. The first kappa shape index (κ1) is 15.7. The van der Waals surface area contributed by atoms with E-state index < -0.39 is 0 Å². The number of amides is 2. The standard InChI is InChI=1S/C15H14BrClN2O2/c16-11-4-6-14(7-5-11)21-9-8-18-15(20)19-13-3-1-2-12(17)10-13/h1-7,10H,8-9H2,(H2,18,19,20). The Kier molecular flexibility index (Phi) is 5.90. The third-order valence-electron chi connectivity index (χ3n) is 2.55. The Morgan fingerprint density at radius 3 is 2.67 bits per heavy atom. The molecule has 0 spiro atoms. The number of ether oxygens (including phenoxy) is 1. The number of urea groups is 1. The highest BCUT2D eigenvalue weighted by Gasteiger charge is 2.01. The van der Waals surface area contributed by atoms with Crippen LogP contribution in [0, 0.1) is 0 Å². The molecule has 0 saturated heterocycles. The molecule has 0 fully saturated rings. The molecule has 0 aromatic heterocycles. The lowest BCUT2D eigenvalue weighted by atomic mass is 10.3. The summed E-state index contributed by atoms with van der Waals surface area (Å²) >= 11 is 9.19. The summed E-state index contributed by atoms with van der Waals surface area (Å²) < 4.78 is 6.49. The van der Waals surface area contributed by atoms with E-state index in [1.165, 1.54) is 0 Å². The molecule has 0 atom stereocenters. The van der Waals surface area contributed by atoms with Crippen molar-refractivity contribution in [1.29, 1.82) is 0 Å². The lowest BCUT2D eigenvalue weighted by molar-refractivity contribution is 0.247. The zero-order valence-electron chi connectivity index (χ0n) is 11.1. The van der Waals surface area contributed by atoms with Crippen molar-refractivity contribution < 1.29 is 9.53 Å². The van der Waals surface area contributed by atoms with Gasteiger partial charge in [0, 0.05) is 15.2 Å². The van der Waals surface area contributed by atoms with Gasteiger partial charge < -0.3 is 15.4 Å². The molecule has 0 aliphatic carbocycles. The first-order valence-corrected chi connectivity index (χ1v) is 7.49. The van der Waals surface area contributed by atoms with Crippen LogP contribution in [0.1, 0.15) is 0 Å². The van der Waals surface area contributed by atoms with E-state index in [4.69, 9.17) is 16.3 Å². The number of halogens is 2. The van der Waals surface area contributed by atoms with Gasteiger partial charge in [0.05, 0.1) is 6.54 Å². The van der Waals surface area contributed by atoms with E-state index >= 15 is 0 Å². The van der Waals surface area contributed by atoms with Gasteiger partial charge >= 0.3 is 6.03 Å². The molecule has 0 aliphatic rings. The van der Waals surface area contributed by atoms with Crippen molar-refractivity contribution in [2.75, 3.05) is 18.5 Å². The number of hydrogen-bond acceptors (Lipinski definition) is 2. The third-order valence-corrected chi connectivity index (χ3v) is 3.32. The maximum Gasteiger partial charge on any atom is 0.319 e. The predicted octanol–water partition coefficient (Wildman–Crippen LogP) is 4.30. The highest BCUT2D eigenvalue weighted by atomic mass is 79.9. The molecule has 0 saturated carbocycles. The van der Waals surface area contributed by atoms with Crippen molar-refractivity contribution in [3.8, 4) is 5.75 Å². The Bertz CT molecular complexity index is 605. The minimum absolute atomic E-state index is 0.295. The lowest BCUT2D eigenvalue weighted by Crippen LogP contribution is -2.32. The van der Waals surface area contributed by atoms with Crippen molar-refractivity contribution in [3.05, 3.63) is 58.0 Å². The molecule has 0 heterocycles. The number of carbonyl (C=O) groups is 1. The van der Waals surface area contributed by atoms with Gasteiger partial charge in [-0.25, -0.2) is 4.79 Å². The van der Waals surface area contributed by atoms with Gasteiger partial charge in [-0.15, -0.1) is 0 Å². The molecule has 4 nitrogen and oxygen atoms in total. The second-order valence-electron chi connectivity index (χ2n) is 4.19. The Balaban J connectivity index is 1.68. The Hall–Kier alpha value is -1.72. The highest BCUT2D eigenvalue weighted by molar-refractivity contribution is 9.10. The molecule has 6 heteroatoms. The first-order valence-electron chi connectivity index (χ1n) is 6.32. The van der Waals surface area contributed by atoms with Crippen LogP contribution in [0.2, 0.25) is 5.02 Å². The summed E-state index contributed by atoms with van der Waals surface area (Å²) in [6.45, 7) is 0.799. The zero-order valence-corrected chi connectivity index (χ0v) is 13.4. The summed E-state index contributed by atoms with van der Waals surface area (Å²) in [5.41, 5.74) is 0.647. The van der Waals surface area contributed by atoms with Gasteiger partial charge in [0.1, 0.15) is 12.4 Å². The fraction of sp³-hybridized carbons (Fsp3) is 0.133. The number of rotatable bonds is 5. The molecule has 2 aromatic rings. The van der Waals surface area contributed by atoms with Crippen molar-refractivity contribution in [2.24, 2.45) is 0 Å². The molecule has 0 radical (unpaired) electrons. The summed E-state index contributed by atoms with van der Waals surface area (Å²) in [4.78, 5) is 11.7. The molecule has 2 N–H and O–H groups in total. The van der Waals surface area contributed by atoms with Gasteiger partial charge in [0.15, 0.2) is 0 Å². The second kappa shape index (κ2) is 7.90. The van der Waals surface area contributed by atoms with Crippen molar-refractivity contribution >= 4 is 39.2 Å². The second-order valence-corrected chi connectivity index (χ2v) is 5.55. The lowest BCUT2D eigenvalue weighted by Gasteiger charge is -2.09. The molecule has 110 valence electrons. The van der Waals surface area contributed by atoms with Crippen LogP contribution in [0.25, 0.3) is 0 Å². The molecular formula is C15H14BrClN2O2. The van der Waals surface area contributed by atoms with Crippen molar-refractivity contribution in [3.63, 3.8) is 0 Å². The van der Waals surface area contributed by atoms with Gasteiger partial charge in [0.2, 0.25) is 0 Å². The molecule has 21 heavy (non-hydrogen) atoms. The fourth-order valence-electron chi connectivity index (χ4n) is 1.61. The number of benzene rings is 2. The van der Waals surface area contributed by atoms with Crippen LogP contribution in [0.3, 0.4) is 0 Å². The largest absolute Gasteiger partial charge is 0.492 e. The molecule has 0 aliphatic heterocycles. The first-order chi connectivity index (χ1) is 10.1. The van der Waals surface area contributed by atoms with Crippen LogP contribution in [0.15, 0.2) is 53.0 Å². The third kappa shape index (κ3) is 5.65. The van der Waals surface area contributed by atoms with Crippen LogP contribution in [-0.4, -0.2) is 19.2 Å². The summed E-state index contributed by atoms with van der Waals surface area (Å²) in [6, 6.07) is 14.2. The number of carbonyl (C=O) groups excluding carboxylic acids is 1. The molecule has 2 rings (SSSR count). The van der Waals surface area contributed by atoms with Gasteiger partial charge in [0.25, 0.3) is 0 Å². The van der Waals surface area contributed by atoms with Gasteiger partial charge in [-0.1, -0.05) is 33.6 Å². The van der Waals surface area contributed by atoms with E-state index in [0.717, 1.165) is 10.2 Å². The highest BCUT2D eigenvalue weighted by Crippen LogP contribution is 2.16. The normalized spacial score (nSPS) is 10.0. The SMILES string of the molecule is O=C(NCCOc1ccc(Br)cc1)Nc1cccc(Cl)c1. The van der Waals surface area contributed by atoms with Crippen molar-refractivity contribution in [1.82, 2.24) is 5.32 Å². The van der Waals surface area contributed by atoms with Gasteiger partial charge in [-0.2, -0.15) is 0 Å². The number of hydrogen-bond donors (Lipinski definition) is 2. The summed E-state index contributed by atoms with van der Waals surface area (Å²) in [5, 5.41) is 5.97. The van der Waals surface area contributed by atoms with Gasteiger partial charge in [-0.05, 0) is 42.5 Å². The van der Waals surface area contributed by atoms with Crippen molar-refractivity contribution in [2.45, 2.75) is 0 Å². The van der Waals surface area contributed by atoms with E-state index in [1.54, 1.807) is 24.3 Å². The zero-order chi connectivity index (χ0) is 15.1. The molecular weight excluding hydrogens is 356 g/mol. The van der Waals surface area contributed by atoms with Crippen LogP contribution < -0.4 is 15.4 Å². The average molecular weight is 370 g/mol. The maximum absolute atomic E-state index is 11.7. The molecule has 0 bridgehead atoms. The van der Waals surface area contributed by atoms with Crippen LogP contribution in [0.5, 0.6) is 5.75 Å². The van der Waals surface area contributed by atoms with E-state index in [9.17, 15) is 4.79 Å². The topological polar surface area (TPSA) is 50.4 Å². The van der Waals surface area contributed by atoms with Gasteiger partial charge in [-0.3, -0.25) is 0 Å². The number of nitrogens with one attached hydrogen (secondary N) is 2. The van der Waals surface area contributed by atoms with E-state index in [1.807, 2.05) is 24.3 Å². The Labute approximate surface area is 136 Å². The Morgan fingerprint density at radius 1 is 1.19 bits per heavy atom. The monoisotopic (exact) mass is 368 g/mol. The van der Waals surface area contributed by atoms with E-state index in [-0.39, 0.29) is 6.03 Å². The maximum atomic E-state index is 11.7. The molecule has 2 amide bonds. The minimum Gasteiger partial charge on any atom is -0.492 e. The van der Waals surface area contributed by atoms with Crippen LogP contribution in [0.4, 0.5) is 10.5 Å². The quantitative estimate of drug-likeness (QED) is 0.772. The smallest absolute Gasteiger partial charge is 0.319 e. The van der Waals surface area contributed by atoms with E-state index in [0.29, 0.717) is 23.9 Å². The minimum atomic E-state index is -0.295. The number of anilines is 1. The average Bonchev–Trinajstić information content (AvgIpc) is 2.45. The van der Waals surface area contributed by atoms with Crippen LogP contribution >= 0.6 is 27.5 Å². The molecule has 0 unspecified atom stereocenters. The predicted molar refractivity (Wildman–Crippen MR) is 88.1 cm³/mol. The Morgan fingerprint density at radius 2 is 1.95 bits per heavy atom. The summed E-state index contributed by atoms with van der Waals surface area (Å²) in [7, 11) is 0.